The molecule has 4 heteroatoms. The second-order valence-electron chi connectivity index (χ2n) is 6.37. The van der Waals surface area contributed by atoms with Crippen molar-refractivity contribution in [3.05, 3.63) is 0 Å². The lowest BCUT2D eigenvalue weighted by atomic mass is 9.96. The fourth-order valence-corrected chi connectivity index (χ4v) is 3.04. The van der Waals surface area contributed by atoms with E-state index in [9.17, 15) is 9.59 Å². The zero-order valence-electron chi connectivity index (χ0n) is 14.3. The van der Waals surface area contributed by atoms with Gasteiger partial charge in [0.15, 0.2) is 0 Å². The Morgan fingerprint density at radius 3 is 2.45 bits per heavy atom. The zero-order valence-corrected chi connectivity index (χ0v) is 14.3. The van der Waals surface area contributed by atoms with Gasteiger partial charge in [-0.2, -0.15) is 0 Å². The number of hydrogen-bond donors (Lipinski definition) is 0. The van der Waals surface area contributed by atoms with Gasteiger partial charge in [0.2, 0.25) is 0 Å². The van der Waals surface area contributed by atoms with Crippen molar-refractivity contribution in [2.75, 3.05) is 7.11 Å². The summed E-state index contributed by atoms with van der Waals surface area (Å²) in [4.78, 5) is 22.7. The average molecular weight is 312 g/mol. The van der Waals surface area contributed by atoms with Crippen molar-refractivity contribution in [1.29, 1.82) is 0 Å². The standard InChI is InChI=1S/C18H32O4/c1-3-4-11-15-14-16(22-18(15)20)12-9-7-5-6-8-10-13-17(19)21-2/h15-16H,3-14H2,1-2H3/t15-,16-/m0/s1. The van der Waals surface area contributed by atoms with E-state index in [1.165, 1.54) is 26.4 Å². The number of carbonyl (C=O) groups is 2. The summed E-state index contributed by atoms with van der Waals surface area (Å²) in [6, 6.07) is 0. The molecule has 0 aromatic heterocycles. The molecular weight excluding hydrogens is 280 g/mol. The molecule has 0 N–H and O–H groups in total. The maximum absolute atomic E-state index is 11.7. The molecule has 2 atom stereocenters. The Kier molecular flexibility index (Phi) is 9.93. The number of rotatable bonds is 12. The van der Waals surface area contributed by atoms with Gasteiger partial charge in [-0.15, -0.1) is 0 Å². The minimum atomic E-state index is -0.110. The van der Waals surface area contributed by atoms with Crippen LogP contribution in [0.1, 0.15) is 84.0 Å². The van der Waals surface area contributed by atoms with Crippen molar-refractivity contribution in [2.45, 2.75) is 90.1 Å². The highest BCUT2D eigenvalue weighted by Gasteiger charge is 2.33. The summed E-state index contributed by atoms with van der Waals surface area (Å²) < 4.78 is 10.1. The Bertz CT molecular complexity index is 327. The van der Waals surface area contributed by atoms with Gasteiger partial charge in [0.05, 0.1) is 13.0 Å². The molecule has 1 aliphatic heterocycles. The SMILES string of the molecule is CCCC[C@H]1C[C@H](CCCCCCCCC(=O)OC)OC1=O. The van der Waals surface area contributed by atoms with Crippen LogP contribution < -0.4 is 0 Å². The number of ether oxygens (including phenoxy) is 2. The first-order valence-corrected chi connectivity index (χ1v) is 8.94. The summed E-state index contributed by atoms with van der Waals surface area (Å²) in [7, 11) is 1.44. The normalized spacial score (nSPS) is 20.9. The van der Waals surface area contributed by atoms with Crippen molar-refractivity contribution in [1.82, 2.24) is 0 Å². The number of hydrogen-bond acceptors (Lipinski definition) is 4. The van der Waals surface area contributed by atoms with E-state index in [1.807, 2.05) is 0 Å². The Hall–Kier alpha value is -1.06. The highest BCUT2D eigenvalue weighted by Crippen LogP contribution is 2.28. The number of methoxy groups -OCH3 is 1. The fraction of sp³-hybridized carbons (Fsp3) is 0.889. The van der Waals surface area contributed by atoms with Crippen molar-refractivity contribution < 1.29 is 19.1 Å². The molecule has 1 saturated heterocycles. The van der Waals surface area contributed by atoms with Crippen molar-refractivity contribution in [3.8, 4) is 0 Å². The monoisotopic (exact) mass is 312 g/mol. The molecule has 1 rings (SSSR count). The minimum Gasteiger partial charge on any atom is -0.469 e. The van der Waals surface area contributed by atoms with Crippen molar-refractivity contribution in [3.63, 3.8) is 0 Å². The van der Waals surface area contributed by atoms with E-state index in [1.54, 1.807) is 0 Å². The second kappa shape index (κ2) is 11.5. The van der Waals surface area contributed by atoms with Gasteiger partial charge < -0.3 is 9.47 Å². The van der Waals surface area contributed by atoms with Crippen LogP contribution in [0, 0.1) is 5.92 Å². The Morgan fingerprint density at radius 2 is 1.77 bits per heavy atom. The molecule has 0 aromatic rings. The molecule has 0 unspecified atom stereocenters. The maximum Gasteiger partial charge on any atom is 0.309 e. The van der Waals surface area contributed by atoms with Crippen molar-refractivity contribution in [2.24, 2.45) is 5.92 Å². The highest BCUT2D eigenvalue weighted by atomic mass is 16.6. The van der Waals surface area contributed by atoms with Crippen LogP contribution in [0.3, 0.4) is 0 Å². The van der Waals surface area contributed by atoms with E-state index in [4.69, 9.17) is 4.74 Å². The number of cyclic esters (lactones) is 1. The molecule has 4 nitrogen and oxygen atoms in total. The number of esters is 2. The third-order valence-corrected chi connectivity index (χ3v) is 4.45. The topological polar surface area (TPSA) is 52.6 Å². The molecule has 0 amide bonds. The molecule has 0 aliphatic carbocycles. The summed E-state index contributed by atoms with van der Waals surface area (Å²) >= 11 is 0. The summed E-state index contributed by atoms with van der Waals surface area (Å²) in [5, 5.41) is 0. The number of carbonyl (C=O) groups excluding carboxylic acids is 2. The van der Waals surface area contributed by atoms with Gasteiger partial charge in [-0.3, -0.25) is 9.59 Å². The first-order chi connectivity index (χ1) is 10.7. The molecule has 1 fully saturated rings. The molecule has 0 radical (unpaired) electrons. The quantitative estimate of drug-likeness (QED) is 0.396. The van der Waals surface area contributed by atoms with Crippen LogP contribution in [-0.2, 0) is 19.1 Å². The third kappa shape index (κ3) is 7.81. The minimum absolute atomic E-state index is 0.0289. The average Bonchev–Trinajstić information content (AvgIpc) is 2.87. The van der Waals surface area contributed by atoms with E-state index in [0.29, 0.717) is 6.42 Å². The Morgan fingerprint density at radius 1 is 1.09 bits per heavy atom. The van der Waals surface area contributed by atoms with Crippen LogP contribution in [0.15, 0.2) is 0 Å². The lowest BCUT2D eigenvalue weighted by Crippen LogP contribution is -2.07. The summed E-state index contributed by atoms with van der Waals surface area (Å²) in [5.41, 5.74) is 0. The van der Waals surface area contributed by atoms with E-state index in [2.05, 4.69) is 11.7 Å². The lowest BCUT2D eigenvalue weighted by molar-refractivity contribution is -0.144. The van der Waals surface area contributed by atoms with E-state index in [0.717, 1.165) is 51.4 Å². The summed E-state index contributed by atoms with van der Waals surface area (Å²) in [6.45, 7) is 2.16. The largest absolute Gasteiger partial charge is 0.469 e. The van der Waals surface area contributed by atoms with Gasteiger partial charge in [-0.1, -0.05) is 45.4 Å². The summed E-state index contributed by atoms with van der Waals surface area (Å²) in [5.74, 6) is 0.0743. The van der Waals surface area contributed by atoms with Crippen LogP contribution in [-0.4, -0.2) is 25.2 Å². The Balaban J connectivity index is 1.95. The summed E-state index contributed by atoms with van der Waals surface area (Å²) in [6.07, 6.45) is 12.6. The van der Waals surface area contributed by atoms with Gasteiger partial charge in [-0.25, -0.2) is 0 Å². The van der Waals surface area contributed by atoms with Gasteiger partial charge in [0, 0.05) is 6.42 Å². The molecule has 128 valence electrons. The molecule has 0 saturated carbocycles. The third-order valence-electron chi connectivity index (χ3n) is 4.45. The van der Waals surface area contributed by atoms with E-state index < -0.39 is 0 Å². The first kappa shape index (κ1) is 19.0. The zero-order chi connectivity index (χ0) is 16.2. The van der Waals surface area contributed by atoms with Crippen LogP contribution >= 0.6 is 0 Å². The van der Waals surface area contributed by atoms with Crippen LogP contribution in [0.5, 0.6) is 0 Å². The van der Waals surface area contributed by atoms with Crippen LogP contribution in [0.25, 0.3) is 0 Å². The first-order valence-electron chi connectivity index (χ1n) is 8.94. The predicted octanol–water partition coefficient (Wildman–Crippen LogP) is 4.40. The van der Waals surface area contributed by atoms with Gasteiger partial charge in [0.25, 0.3) is 0 Å². The van der Waals surface area contributed by atoms with Crippen LogP contribution in [0.2, 0.25) is 0 Å². The number of unbranched alkanes of at least 4 members (excludes halogenated alkanes) is 6. The molecule has 1 heterocycles. The van der Waals surface area contributed by atoms with E-state index in [-0.39, 0.29) is 24.0 Å². The molecular formula is C18H32O4. The maximum atomic E-state index is 11.7. The molecule has 1 aliphatic rings. The lowest BCUT2D eigenvalue weighted by Gasteiger charge is -2.08. The van der Waals surface area contributed by atoms with Crippen molar-refractivity contribution >= 4 is 11.9 Å². The molecule has 22 heavy (non-hydrogen) atoms. The molecule has 0 spiro atoms. The van der Waals surface area contributed by atoms with E-state index >= 15 is 0 Å². The van der Waals surface area contributed by atoms with Gasteiger partial charge >= 0.3 is 11.9 Å². The van der Waals surface area contributed by atoms with Gasteiger partial charge in [0.1, 0.15) is 6.10 Å². The Labute approximate surface area is 134 Å². The molecule has 0 bridgehead atoms. The smallest absolute Gasteiger partial charge is 0.309 e. The predicted molar refractivity (Wildman–Crippen MR) is 86.5 cm³/mol. The fourth-order valence-electron chi connectivity index (χ4n) is 3.04. The molecule has 0 aromatic carbocycles. The van der Waals surface area contributed by atoms with Crippen LogP contribution in [0.4, 0.5) is 0 Å². The van der Waals surface area contributed by atoms with Gasteiger partial charge in [-0.05, 0) is 32.1 Å². The highest BCUT2D eigenvalue weighted by molar-refractivity contribution is 5.74. The second-order valence-corrected chi connectivity index (χ2v) is 6.37.